The molecule has 0 radical (unpaired) electrons. The summed E-state index contributed by atoms with van der Waals surface area (Å²) in [5.41, 5.74) is 7.28. The van der Waals surface area contributed by atoms with Gasteiger partial charge in [0.1, 0.15) is 5.75 Å². The second-order valence-electron chi connectivity index (χ2n) is 4.12. The van der Waals surface area contributed by atoms with Crippen molar-refractivity contribution in [3.05, 3.63) is 24.8 Å². The third-order valence-electron chi connectivity index (χ3n) is 2.75. The van der Waals surface area contributed by atoms with Crippen molar-refractivity contribution >= 4 is 45.2 Å². The molecular weight excluding hydrogens is 416 g/mol. The van der Waals surface area contributed by atoms with E-state index in [4.69, 9.17) is 5.73 Å². The number of halogens is 2. The molecule has 0 aromatic heterocycles. The molecule has 0 heterocycles. The summed E-state index contributed by atoms with van der Waals surface area (Å²) in [5, 5.41) is 9.65. The highest BCUT2D eigenvalue weighted by Crippen LogP contribution is 2.38. The fourth-order valence-corrected chi connectivity index (χ4v) is 3.46. The Balaban J connectivity index is 2.19. The van der Waals surface area contributed by atoms with E-state index in [0.717, 1.165) is 25.0 Å². The van der Waals surface area contributed by atoms with Crippen LogP contribution in [0.1, 0.15) is 30.9 Å². The number of hydrogen-bond donors (Lipinski definition) is 2. The summed E-state index contributed by atoms with van der Waals surface area (Å²) in [6, 6.07) is 4.11. The van der Waals surface area contributed by atoms with Crippen molar-refractivity contribution in [2.24, 2.45) is 11.7 Å². The Bertz CT molecular complexity index is 354. The molecule has 0 aliphatic heterocycles. The Morgan fingerprint density at radius 1 is 1.33 bits per heavy atom. The summed E-state index contributed by atoms with van der Waals surface area (Å²) in [4.78, 5) is 0. The summed E-state index contributed by atoms with van der Waals surface area (Å²) in [5.74, 6) is 1.21. The molecule has 4 heteroatoms. The molecule has 1 aliphatic rings. The highest BCUT2D eigenvalue weighted by atomic mass is 127. The first-order valence-corrected chi connectivity index (χ1v) is 7.17. The van der Waals surface area contributed by atoms with Gasteiger partial charge in [-0.2, -0.15) is 0 Å². The molecule has 0 saturated heterocycles. The molecule has 0 amide bonds. The molecule has 15 heavy (non-hydrogen) atoms. The van der Waals surface area contributed by atoms with E-state index in [9.17, 15) is 5.11 Å². The van der Waals surface area contributed by atoms with Crippen LogP contribution in [0.2, 0.25) is 0 Å². The van der Waals surface area contributed by atoms with Gasteiger partial charge in [0, 0.05) is 6.04 Å². The number of phenolic OH excluding ortho intramolecular Hbond substituents is 1. The lowest BCUT2D eigenvalue weighted by Crippen LogP contribution is -2.11. The number of benzene rings is 1. The fourth-order valence-electron chi connectivity index (χ4n) is 1.65. The molecular formula is C11H13I2NO. The van der Waals surface area contributed by atoms with E-state index in [1.807, 2.05) is 12.1 Å². The van der Waals surface area contributed by atoms with Crippen molar-refractivity contribution < 1.29 is 5.11 Å². The topological polar surface area (TPSA) is 46.2 Å². The maximum atomic E-state index is 9.65. The van der Waals surface area contributed by atoms with Gasteiger partial charge in [0.15, 0.2) is 0 Å². The normalized spacial score (nSPS) is 17.8. The fraction of sp³-hybridized carbons (Fsp3) is 0.455. The molecule has 3 N–H and O–H groups in total. The van der Waals surface area contributed by atoms with E-state index in [0.29, 0.717) is 5.75 Å². The Labute approximate surface area is 117 Å². The minimum Gasteiger partial charge on any atom is -0.506 e. The lowest BCUT2D eigenvalue weighted by molar-refractivity contribution is 0.466. The maximum absolute atomic E-state index is 9.65. The lowest BCUT2D eigenvalue weighted by Gasteiger charge is -2.13. The quantitative estimate of drug-likeness (QED) is 0.725. The van der Waals surface area contributed by atoms with Crippen LogP contribution in [0.25, 0.3) is 0 Å². The van der Waals surface area contributed by atoms with Gasteiger partial charge in [-0.3, -0.25) is 0 Å². The van der Waals surface area contributed by atoms with Gasteiger partial charge in [0.2, 0.25) is 0 Å². The first-order valence-electron chi connectivity index (χ1n) is 5.01. The smallest absolute Gasteiger partial charge is 0.142 e. The summed E-state index contributed by atoms with van der Waals surface area (Å²) in [6.45, 7) is 0. The molecule has 0 bridgehead atoms. The third-order valence-corrected chi connectivity index (χ3v) is 4.40. The van der Waals surface area contributed by atoms with Crippen LogP contribution in [0.4, 0.5) is 0 Å². The Kier molecular flexibility index (Phi) is 3.77. The van der Waals surface area contributed by atoms with Crippen LogP contribution in [-0.4, -0.2) is 5.11 Å². The first-order chi connectivity index (χ1) is 7.08. The molecule has 1 atom stereocenters. The number of rotatable bonds is 3. The van der Waals surface area contributed by atoms with Gasteiger partial charge in [-0.1, -0.05) is 12.8 Å². The second kappa shape index (κ2) is 4.75. The maximum Gasteiger partial charge on any atom is 0.142 e. The SMILES string of the molecule is N[C@H](CC1CC1)c1cc(I)c(O)c(I)c1. The molecule has 82 valence electrons. The molecule has 1 aromatic rings. The van der Waals surface area contributed by atoms with Gasteiger partial charge in [0.05, 0.1) is 7.14 Å². The molecule has 0 unspecified atom stereocenters. The van der Waals surface area contributed by atoms with Crippen LogP contribution in [0.3, 0.4) is 0 Å². The number of nitrogens with two attached hydrogens (primary N) is 1. The predicted molar refractivity (Wildman–Crippen MR) is 77.8 cm³/mol. The zero-order chi connectivity index (χ0) is 11.0. The molecule has 1 saturated carbocycles. The monoisotopic (exact) mass is 429 g/mol. The van der Waals surface area contributed by atoms with Crippen molar-refractivity contribution in [1.29, 1.82) is 0 Å². The second-order valence-corrected chi connectivity index (χ2v) is 6.44. The van der Waals surface area contributed by atoms with Gasteiger partial charge in [-0.25, -0.2) is 0 Å². The van der Waals surface area contributed by atoms with Crippen LogP contribution in [-0.2, 0) is 0 Å². The highest BCUT2D eigenvalue weighted by Gasteiger charge is 2.25. The van der Waals surface area contributed by atoms with Crippen LogP contribution >= 0.6 is 45.2 Å². The highest BCUT2D eigenvalue weighted by molar-refractivity contribution is 14.1. The first kappa shape index (κ1) is 11.9. The molecule has 2 rings (SSSR count). The van der Waals surface area contributed by atoms with Crippen molar-refractivity contribution in [3.8, 4) is 5.75 Å². The minimum absolute atomic E-state index is 0.125. The van der Waals surface area contributed by atoms with E-state index in [-0.39, 0.29) is 6.04 Å². The molecule has 1 aliphatic carbocycles. The Morgan fingerprint density at radius 3 is 2.33 bits per heavy atom. The van der Waals surface area contributed by atoms with E-state index >= 15 is 0 Å². The number of hydrogen-bond acceptors (Lipinski definition) is 2. The predicted octanol–water partition coefficient (Wildman–Crippen LogP) is 3.40. The molecule has 1 fully saturated rings. The van der Waals surface area contributed by atoms with Gasteiger partial charge in [-0.05, 0) is 75.2 Å². The standard InChI is InChI=1S/C11H13I2NO/c12-8-4-7(5-9(13)11(8)15)10(14)3-6-1-2-6/h4-6,10,15H,1-3,14H2/t10-/m1/s1. The number of aromatic hydroxyl groups is 1. The molecule has 0 spiro atoms. The average Bonchev–Trinajstić information content (AvgIpc) is 2.97. The van der Waals surface area contributed by atoms with Crippen LogP contribution in [0.5, 0.6) is 5.75 Å². The average molecular weight is 429 g/mol. The van der Waals surface area contributed by atoms with Crippen molar-refractivity contribution in [2.75, 3.05) is 0 Å². The zero-order valence-corrected chi connectivity index (χ0v) is 12.5. The van der Waals surface area contributed by atoms with E-state index in [2.05, 4.69) is 45.2 Å². The van der Waals surface area contributed by atoms with Gasteiger partial charge >= 0.3 is 0 Å². The Hall–Kier alpha value is 0.440. The van der Waals surface area contributed by atoms with Crippen molar-refractivity contribution in [2.45, 2.75) is 25.3 Å². The van der Waals surface area contributed by atoms with Gasteiger partial charge in [-0.15, -0.1) is 0 Å². The van der Waals surface area contributed by atoms with Crippen molar-refractivity contribution in [1.82, 2.24) is 0 Å². The largest absolute Gasteiger partial charge is 0.506 e. The summed E-state index contributed by atoms with van der Waals surface area (Å²) < 4.78 is 1.78. The summed E-state index contributed by atoms with van der Waals surface area (Å²) in [6.07, 6.45) is 3.75. The van der Waals surface area contributed by atoms with E-state index in [1.54, 1.807) is 0 Å². The summed E-state index contributed by atoms with van der Waals surface area (Å²) in [7, 11) is 0. The molecule has 2 nitrogen and oxygen atoms in total. The van der Waals surface area contributed by atoms with Gasteiger partial charge in [0.25, 0.3) is 0 Å². The number of phenols is 1. The molecule has 1 aromatic carbocycles. The lowest BCUT2D eigenvalue weighted by atomic mass is 10.0. The van der Waals surface area contributed by atoms with Crippen LogP contribution in [0, 0.1) is 13.1 Å². The Morgan fingerprint density at radius 2 is 1.87 bits per heavy atom. The van der Waals surface area contributed by atoms with E-state index in [1.165, 1.54) is 12.8 Å². The van der Waals surface area contributed by atoms with Gasteiger partial charge < -0.3 is 10.8 Å². The summed E-state index contributed by atoms with van der Waals surface area (Å²) >= 11 is 4.30. The van der Waals surface area contributed by atoms with Crippen LogP contribution < -0.4 is 5.73 Å². The van der Waals surface area contributed by atoms with Crippen molar-refractivity contribution in [3.63, 3.8) is 0 Å². The minimum atomic E-state index is 0.125. The third kappa shape index (κ3) is 2.97. The van der Waals surface area contributed by atoms with E-state index < -0.39 is 0 Å². The van der Waals surface area contributed by atoms with Crippen LogP contribution in [0.15, 0.2) is 12.1 Å². The zero-order valence-electron chi connectivity index (χ0n) is 8.21.